The van der Waals surface area contributed by atoms with Crippen LogP contribution in [0.2, 0.25) is 0 Å². The van der Waals surface area contributed by atoms with Gasteiger partial charge in [0.1, 0.15) is 0 Å². The molecule has 0 spiro atoms. The molecule has 2 fully saturated rings. The minimum absolute atomic E-state index is 0. The molecule has 6 nitrogen and oxygen atoms in total. The lowest BCUT2D eigenvalue weighted by Crippen LogP contribution is -2.45. The van der Waals surface area contributed by atoms with Crippen LogP contribution in [0.1, 0.15) is 49.2 Å². The van der Waals surface area contributed by atoms with Crippen molar-refractivity contribution in [3.8, 4) is 0 Å². The number of nitrogens with zero attached hydrogens (tertiary/aromatic N) is 3. The van der Waals surface area contributed by atoms with Crippen LogP contribution >= 0.6 is 35.3 Å². The smallest absolute Gasteiger partial charge is 0.194 e. The number of aromatic nitrogens is 1. The van der Waals surface area contributed by atoms with Gasteiger partial charge in [0, 0.05) is 25.0 Å². The number of guanidine groups is 1. The van der Waals surface area contributed by atoms with Gasteiger partial charge in [-0.1, -0.05) is 19.3 Å². The van der Waals surface area contributed by atoms with Crippen molar-refractivity contribution >= 4 is 51.1 Å². The minimum atomic E-state index is -2.85. The number of nitrogens with one attached hydrogen (secondary N) is 1. The Morgan fingerprint density at radius 1 is 1.33 bits per heavy atom. The molecule has 0 aromatic carbocycles. The third-order valence-electron chi connectivity index (χ3n) is 5.19. The van der Waals surface area contributed by atoms with Crippen molar-refractivity contribution in [1.82, 2.24) is 15.2 Å². The summed E-state index contributed by atoms with van der Waals surface area (Å²) in [6, 6.07) is 0.467. The van der Waals surface area contributed by atoms with E-state index in [0.717, 1.165) is 23.1 Å². The van der Waals surface area contributed by atoms with Crippen LogP contribution in [0.15, 0.2) is 10.4 Å². The molecule has 0 amide bonds. The molecule has 1 N–H and O–H groups in total. The predicted octanol–water partition coefficient (Wildman–Crippen LogP) is 3.21. The van der Waals surface area contributed by atoms with E-state index in [9.17, 15) is 8.42 Å². The largest absolute Gasteiger partial charge is 0.354 e. The van der Waals surface area contributed by atoms with Crippen molar-refractivity contribution < 1.29 is 8.42 Å². The van der Waals surface area contributed by atoms with E-state index in [0.29, 0.717) is 24.9 Å². The number of halogens is 1. The quantitative estimate of drug-likeness (QED) is 0.363. The normalized spacial score (nSPS) is 23.0. The van der Waals surface area contributed by atoms with Crippen molar-refractivity contribution in [2.24, 2.45) is 10.9 Å². The Morgan fingerprint density at radius 3 is 2.67 bits per heavy atom. The van der Waals surface area contributed by atoms with Gasteiger partial charge in [0.2, 0.25) is 0 Å². The molecular weight excluding hydrogens is 495 g/mol. The van der Waals surface area contributed by atoms with Crippen LogP contribution in [-0.4, -0.2) is 55.4 Å². The molecule has 2 heterocycles. The lowest BCUT2D eigenvalue weighted by Gasteiger charge is -2.29. The Hall–Kier alpha value is -0.420. The highest BCUT2D eigenvalue weighted by atomic mass is 127. The molecule has 2 aliphatic rings. The van der Waals surface area contributed by atoms with Crippen LogP contribution in [0.5, 0.6) is 0 Å². The maximum Gasteiger partial charge on any atom is 0.194 e. The topological polar surface area (TPSA) is 74.7 Å². The molecule has 1 aromatic rings. The van der Waals surface area contributed by atoms with Crippen molar-refractivity contribution in [2.45, 2.75) is 58.0 Å². The Kier molecular flexibility index (Phi) is 8.79. The van der Waals surface area contributed by atoms with E-state index < -0.39 is 9.84 Å². The molecular formula is C18H31IN4O2S2. The SMILES string of the molecule is Cc1nc(CN(C)C(=NCC2CCS(=O)(=O)C2)NC2CCCCC2)cs1.I. The lowest BCUT2D eigenvalue weighted by atomic mass is 9.96. The van der Waals surface area contributed by atoms with E-state index >= 15 is 0 Å². The first-order valence-corrected chi connectivity index (χ1v) is 12.2. The molecule has 154 valence electrons. The summed E-state index contributed by atoms with van der Waals surface area (Å²) >= 11 is 1.66. The average molecular weight is 527 g/mol. The summed E-state index contributed by atoms with van der Waals surface area (Å²) in [5, 5.41) is 6.79. The van der Waals surface area contributed by atoms with Gasteiger partial charge >= 0.3 is 0 Å². The first kappa shape index (κ1) is 22.9. The monoisotopic (exact) mass is 526 g/mol. The molecule has 0 bridgehead atoms. The highest BCUT2D eigenvalue weighted by Crippen LogP contribution is 2.20. The second kappa shape index (κ2) is 10.4. The van der Waals surface area contributed by atoms with E-state index in [-0.39, 0.29) is 35.6 Å². The molecule has 1 aliphatic heterocycles. The van der Waals surface area contributed by atoms with Gasteiger partial charge in [0.15, 0.2) is 15.8 Å². The molecule has 1 atom stereocenters. The number of aliphatic imine (C=N–C) groups is 1. The van der Waals surface area contributed by atoms with Gasteiger partial charge in [-0.15, -0.1) is 35.3 Å². The fraction of sp³-hybridized carbons (Fsp3) is 0.778. The van der Waals surface area contributed by atoms with Crippen LogP contribution in [0, 0.1) is 12.8 Å². The molecule has 1 aliphatic carbocycles. The maximum absolute atomic E-state index is 11.7. The molecule has 1 saturated heterocycles. The van der Waals surface area contributed by atoms with Crippen LogP contribution < -0.4 is 5.32 Å². The number of thiazole rings is 1. The molecule has 1 unspecified atom stereocenters. The number of rotatable bonds is 5. The Bertz CT molecular complexity index is 729. The first-order valence-electron chi connectivity index (χ1n) is 9.55. The van der Waals surface area contributed by atoms with Crippen LogP contribution in [-0.2, 0) is 16.4 Å². The van der Waals surface area contributed by atoms with Crippen molar-refractivity contribution in [1.29, 1.82) is 0 Å². The van der Waals surface area contributed by atoms with Gasteiger partial charge in [0.25, 0.3) is 0 Å². The Labute approximate surface area is 184 Å². The molecule has 27 heavy (non-hydrogen) atoms. The average Bonchev–Trinajstić information content (AvgIpc) is 3.17. The lowest BCUT2D eigenvalue weighted by molar-refractivity contribution is 0.384. The van der Waals surface area contributed by atoms with Gasteiger partial charge in [-0.05, 0) is 32.1 Å². The summed E-state index contributed by atoms with van der Waals surface area (Å²) in [7, 11) is -0.812. The third-order valence-corrected chi connectivity index (χ3v) is 7.85. The number of hydrogen-bond acceptors (Lipinski definition) is 5. The fourth-order valence-electron chi connectivity index (χ4n) is 3.74. The number of sulfone groups is 1. The second-order valence-electron chi connectivity index (χ2n) is 7.63. The van der Waals surface area contributed by atoms with E-state index in [2.05, 4.69) is 20.6 Å². The highest BCUT2D eigenvalue weighted by molar-refractivity contribution is 14.0. The van der Waals surface area contributed by atoms with E-state index in [1.54, 1.807) is 11.3 Å². The number of aryl methyl sites for hydroxylation is 1. The van der Waals surface area contributed by atoms with Gasteiger partial charge in [-0.25, -0.2) is 13.4 Å². The standard InChI is InChI=1S/C18H30N4O2S2.HI/c1-14-20-17(12-25-14)11-22(2)18(21-16-6-4-3-5-7-16)19-10-15-8-9-26(23,24)13-15;/h12,15-16H,3-11,13H2,1-2H3,(H,19,21);1H. The molecule has 1 aromatic heterocycles. The zero-order chi connectivity index (χ0) is 18.6. The maximum atomic E-state index is 11.7. The Balaban J connectivity index is 0.00000261. The molecule has 0 radical (unpaired) electrons. The summed E-state index contributed by atoms with van der Waals surface area (Å²) in [6.45, 7) is 3.31. The highest BCUT2D eigenvalue weighted by Gasteiger charge is 2.28. The number of hydrogen-bond donors (Lipinski definition) is 1. The Morgan fingerprint density at radius 2 is 2.07 bits per heavy atom. The minimum Gasteiger partial charge on any atom is -0.354 e. The van der Waals surface area contributed by atoms with Crippen LogP contribution in [0.25, 0.3) is 0 Å². The predicted molar refractivity (Wildman–Crippen MR) is 123 cm³/mol. The van der Waals surface area contributed by atoms with E-state index in [1.165, 1.54) is 32.1 Å². The third kappa shape index (κ3) is 7.16. The van der Waals surface area contributed by atoms with Crippen LogP contribution in [0.4, 0.5) is 0 Å². The molecule has 3 rings (SSSR count). The molecule has 1 saturated carbocycles. The van der Waals surface area contributed by atoms with Crippen molar-refractivity contribution in [2.75, 3.05) is 25.1 Å². The van der Waals surface area contributed by atoms with Crippen molar-refractivity contribution in [3.63, 3.8) is 0 Å². The summed E-state index contributed by atoms with van der Waals surface area (Å²) in [6.07, 6.45) is 6.94. The molecule has 9 heteroatoms. The van der Waals surface area contributed by atoms with Gasteiger partial charge in [-0.2, -0.15) is 0 Å². The first-order chi connectivity index (χ1) is 12.4. The van der Waals surface area contributed by atoms with Gasteiger partial charge in [-0.3, -0.25) is 4.99 Å². The van der Waals surface area contributed by atoms with E-state index in [1.807, 2.05) is 14.0 Å². The van der Waals surface area contributed by atoms with Crippen molar-refractivity contribution in [3.05, 3.63) is 16.1 Å². The van der Waals surface area contributed by atoms with E-state index in [4.69, 9.17) is 4.99 Å². The summed E-state index contributed by atoms with van der Waals surface area (Å²) < 4.78 is 23.4. The van der Waals surface area contributed by atoms with Gasteiger partial charge < -0.3 is 10.2 Å². The fourth-order valence-corrected chi connectivity index (χ4v) is 6.19. The van der Waals surface area contributed by atoms with Gasteiger partial charge in [0.05, 0.1) is 28.8 Å². The van der Waals surface area contributed by atoms with Crippen LogP contribution in [0.3, 0.4) is 0 Å². The summed E-state index contributed by atoms with van der Waals surface area (Å²) in [5.41, 5.74) is 1.05. The zero-order valence-electron chi connectivity index (χ0n) is 16.2. The summed E-state index contributed by atoms with van der Waals surface area (Å²) in [5.74, 6) is 1.62. The zero-order valence-corrected chi connectivity index (χ0v) is 20.1. The summed E-state index contributed by atoms with van der Waals surface area (Å²) in [4.78, 5) is 11.5. The second-order valence-corrected chi connectivity index (χ2v) is 10.9.